The lowest BCUT2D eigenvalue weighted by Crippen LogP contribution is -2.35. The molecule has 0 saturated heterocycles. The molecule has 0 saturated carbocycles. The van der Waals surface area contributed by atoms with Gasteiger partial charge in [-0.3, -0.25) is 4.18 Å². The molecule has 4 rings (SSSR count). The number of hydrogen-bond acceptors (Lipinski definition) is 5. The molecule has 1 heterocycles. The molecule has 2 N–H and O–H groups in total. The zero-order valence-corrected chi connectivity index (χ0v) is 24.1. The highest BCUT2D eigenvalue weighted by Crippen LogP contribution is 2.38. The second-order valence-corrected chi connectivity index (χ2v) is 11.6. The molecular weight excluding hydrogens is 600 g/mol. The minimum atomic E-state index is -3.80. The number of pyridine rings is 1. The van der Waals surface area contributed by atoms with Gasteiger partial charge in [0.05, 0.1) is 17.6 Å². The normalized spacial score (nSPS) is 11.3. The number of aromatic nitrogens is 1. The Morgan fingerprint density at radius 1 is 0.875 bits per heavy atom. The summed E-state index contributed by atoms with van der Waals surface area (Å²) >= 11 is 18.8. The van der Waals surface area contributed by atoms with Gasteiger partial charge in [0.1, 0.15) is 12.4 Å². The number of urea groups is 1. The van der Waals surface area contributed by atoms with Crippen molar-refractivity contribution in [3.63, 3.8) is 0 Å². The predicted octanol–water partition coefficient (Wildman–Crippen LogP) is 6.99. The quantitative estimate of drug-likeness (QED) is 0.196. The van der Waals surface area contributed by atoms with Crippen LogP contribution in [0.15, 0.2) is 72.8 Å². The van der Waals surface area contributed by atoms with E-state index in [4.69, 9.17) is 44.0 Å². The molecule has 208 valence electrons. The summed E-state index contributed by atoms with van der Waals surface area (Å²) in [5.41, 5.74) is 3.48. The fraction of sp³-hybridized carbons (Fsp3) is 0.143. The number of nitrogens with zero attached hydrogens (tertiary/aromatic N) is 1. The van der Waals surface area contributed by atoms with Crippen LogP contribution in [0.3, 0.4) is 0 Å². The maximum Gasteiger partial charge on any atom is 0.315 e. The van der Waals surface area contributed by atoms with Crippen molar-refractivity contribution in [1.82, 2.24) is 15.6 Å². The number of hydrogen-bond donors (Lipinski definition) is 2. The minimum Gasteiger partial charge on any atom is -0.334 e. The topological polar surface area (TPSA) is 97.4 Å². The second-order valence-electron chi connectivity index (χ2n) is 8.72. The van der Waals surface area contributed by atoms with E-state index in [1.54, 1.807) is 66.7 Å². The van der Waals surface area contributed by atoms with Crippen LogP contribution in [0.4, 0.5) is 9.18 Å². The summed E-state index contributed by atoms with van der Waals surface area (Å²) in [5.74, 6) is -0.436. The molecule has 0 unspecified atom stereocenters. The third-order valence-electron chi connectivity index (χ3n) is 5.78. The van der Waals surface area contributed by atoms with Gasteiger partial charge in [-0.05, 0) is 42.0 Å². The smallest absolute Gasteiger partial charge is 0.315 e. The van der Waals surface area contributed by atoms with Gasteiger partial charge in [0.25, 0.3) is 10.1 Å². The Hall–Kier alpha value is -3.21. The van der Waals surface area contributed by atoms with Crippen LogP contribution in [0.2, 0.25) is 15.1 Å². The van der Waals surface area contributed by atoms with Crippen molar-refractivity contribution >= 4 is 51.0 Å². The molecule has 0 bridgehead atoms. The van der Waals surface area contributed by atoms with E-state index in [0.717, 1.165) is 6.26 Å². The Kier molecular flexibility index (Phi) is 9.65. The summed E-state index contributed by atoms with van der Waals surface area (Å²) in [6.45, 7) is -0.443. The Balaban J connectivity index is 1.72. The molecule has 0 fully saturated rings. The molecule has 0 spiro atoms. The van der Waals surface area contributed by atoms with E-state index >= 15 is 0 Å². The van der Waals surface area contributed by atoms with E-state index in [-0.39, 0.29) is 25.4 Å². The lowest BCUT2D eigenvalue weighted by atomic mass is 9.96. The maximum atomic E-state index is 13.9. The van der Waals surface area contributed by atoms with Crippen molar-refractivity contribution < 1.29 is 21.8 Å². The molecule has 0 aliphatic carbocycles. The molecule has 0 aliphatic heterocycles. The Bertz CT molecular complexity index is 1650. The fourth-order valence-electron chi connectivity index (χ4n) is 3.83. The Morgan fingerprint density at radius 2 is 1.52 bits per heavy atom. The zero-order chi connectivity index (χ0) is 28.9. The molecule has 1 aromatic heterocycles. The lowest BCUT2D eigenvalue weighted by Gasteiger charge is -2.18. The first-order valence-corrected chi connectivity index (χ1v) is 14.8. The van der Waals surface area contributed by atoms with E-state index in [2.05, 4.69) is 10.6 Å². The van der Waals surface area contributed by atoms with Gasteiger partial charge in [-0.2, -0.15) is 8.42 Å². The van der Waals surface area contributed by atoms with Gasteiger partial charge in [-0.25, -0.2) is 14.2 Å². The zero-order valence-electron chi connectivity index (χ0n) is 21.0. The van der Waals surface area contributed by atoms with Crippen LogP contribution in [0.1, 0.15) is 16.8 Å². The summed E-state index contributed by atoms with van der Waals surface area (Å²) in [4.78, 5) is 17.3. The third-order valence-corrected chi connectivity index (χ3v) is 7.12. The van der Waals surface area contributed by atoms with Gasteiger partial charge in [-0.1, -0.05) is 71.2 Å². The van der Waals surface area contributed by atoms with E-state index < -0.39 is 22.0 Å². The first kappa shape index (κ1) is 29.8. The first-order chi connectivity index (χ1) is 19.0. The number of amides is 2. The molecule has 0 atom stereocenters. The van der Waals surface area contributed by atoms with Gasteiger partial charge in [0.2, 0.25) is 0 Å². The molecule has 0 radical (unpaired) electrons. The highest BCUT2D eigenvalue weighted by Gasteiger charge is 2.19. The van der Waals surface area contributed by atoms with Crippen LogP contribution < -0.4 is 10.6 Å². The fourth-order valence-corrected chi connectivity index (χ4v) is 4.79. The number of benzene rings is 3. The summed E-state index contributed by atoms with van der Waals surface area (Å²) in [7, 11) is -3.80. The van der Waals surface area contributed by atoms with Gasteiger partial charge in [0.15, 0.2) is 0 Å². The predicted molar refractivity (Wildman–Crippen MR) is 155 cm³/mol. The maximum absolute atomic E-state index is 13.9. The number of carbonyl (C=O) groups is 1. The molecule has 7 nitrogen and oxygen atoms in total. The largest absolute Gasteiger partial charge is 0.334 e. The summed E-state index contributed by atoms with van der Waals surface area (Å²) < 4.78 is 42.5. The molecular formula is C28H23Cl3FN3O4S. The highest BCUT2D eigenvalue weighted by atomic mass is 35.5. The van der Waals surface area contributed by atoms with Crippen molar-refractivity contribution in [3.05, 3.63) is 111 Å². The van der Waals surface area contributed by atoms with Crippen LogP contribution in [-0.2, 0) is 34.0 Å². The van der Waals surface area contributed by atoms with Crippen molar-refractivity contribution in [2.75, 3.05) is 6.26 Å². The van der Waals surface area contributed by atoms with Crippen LogP contribution in [0, 0.1) is 5.82 Å². The second kappa shape index (κ2) is 13.0. The monoisotopic (exact) mass is 621 g/mol. The molecule has 40 heavy (non-hydrogen) atoms. The van der Waals surface area contributed by atoms with Crippen LogP contribution in [0.5, 0.6) is 0 Å². The van der Waals surface area contributed by atoms with Crippen molar-refractivity contribution in [2.45, 2.75) is 19.7 Å². The highest BCUT2D eigenvalue weighted by molar-refractivity contribution is 7.85. The molecule has 3 aromatic carbocycles. The van der Waals surface area contributed by atoms with Crippen molar-refractivity contribution in [2.24, 2.45) is 0 Å². The summed E-state index contributed by atoms with van der Waals surface area (Å²) in [5, 5.41) is 6.65. The van der Waals surface area contributed by atoms with Gasteiger partial charge < -0.3 is 10.6 Å². The van der Waals surface area contributed by atoms with E-state index in [1.165, 1.54) is 6.07 Å². The van der Waals surface area contributed by atoms with Crippen LogP contribution in [0.25, 0.3) is 22.4 Å². The van der Waals surface area contributed by atoms with E-state index in [1.807, 2.05) is 0 Å². The minimum absolute atomic E-state index is 0.0259. The Morgan fingerprint density at radius 3 is 2.17 bits per heavy atom. The lowest BCUT2D eigenvalue weighted by molar-refractivity contribution is 0.239. The average molecular weight is 623 g/mol. The van der Waals surface area contributed by atoms with Gasteiger partial charge in [0, 0.05) is 50.4 Å². The average Bonchev–Trinajstić information content (AvgIpc) is 2.90. The third kappa shape index (κ3) is 7.93. The Labute approximate surface area is 246 Å². The standard InChI is InChI=1S/C28H23Cl3FN3O4S/c1-40(37,38)39-16-26-19(15-34-28(36)33-14-18-4-2-3-5-25(18)32)12-23(22-11-10-21(30)13-24(22)31)27(35-26)17-6-8-20(29)9-7-17/h2-13H,14-16H2,1H3,(H2,33,34,36). The van der Waals surface area contributed by atoms with Gasteiger partial charge >= 0.3 is 6.03 Å². The first-order valence-electron chi connectivity index (χ1n) is 11.8. The summed E-state index contributed by atoms with van der Waals surface area (Å²) in [6, 6.07) is 19.3. The molecule has 2 amide bonds. The van der Waals surface area contributed by atoms with Crippen LogP contribution in [-0.4, -0.2) is 25.7 Å². The van der Waals surface area contributed by atoms with E-state index in [0.29, 0.717) is 48.6 Å². The molecule has 12 heteroatoms. The van der Waals surface area contributed by atoms with Crippen molar-refractivity contribution in [1.29, 1.82) is 0 Å². The molecule has 4 aromatic rings. The number of carbonyl (C=O) groups excluding carboxylic acids is 1. The summed E-state index contributed by atoms with van der Waals surface area (Å²) in [6.07, 6.45) is 0.934. The van der Waals surface area contributed by atoms with Crippen LogP contribution >= 0.6 is 34.8 Å². The van der Waals surface area contributed by atoms with E-state index in [9.17, 15) is 17.6 Å². The number of rotatable bonds is 9. The molecule has 0 aliphatic rings. The van der Waals surface area contributed by atoms with Crippen molar-refractivity contribution in [3.8, 4) is 22.4 Å². The number of nitrogens with one attached hydrogen (secondary N) is 2. The number of halogens is 4. The van der Waals surface area contributed by atoms with Gasteiger partial charge in [-0.15, -0.1) is 0 Å². The SMILES string of the molecule is CS(=O)(=O)OCc1nc(-c2ccc(Cl)cc2)c(-c2ccc(Cl)cc2Cl)cc1CNC(=O)NCc1ccccc1F.